The van der Waals surface area contributed by atoms with Crippen molar-refractivity contribution in [1.29, 1.82) is 0 Å². The van der Waals surface area contributed by atoms with E-state index < -0.39 is 0 Å². The molecule has 1 aliphatic rings. The summed E-state index contributed by atoms with van der Waals surface area (Å²) in [5, 5.41) is 13.3. The van der Waals surface area contributed by atoms with E-state index in [1.54, 1.807) is 0 Å². The Balaban J connectivity index is 1.48. The molecule has 0 bridgehead atoms. The number of ether oxygens (including phenoxy) is 1. The van der Waals surface area contributed by atoms with Gasteiger partial charge in [0.25, 0.3) is 0 Å². The Morgan fingerprint density at radius 3 is 3.08 bits per heavy atom. The fourth-order valence-electron chi connectivity index (χ4n) is 3.27. The van der Waals surface area contributed by atoms with Crippen molar-refractivity contribution in [1.82, 2.24) is 20.8 Å². The van der Waals surface area contributed by atoms with E-state index in [1.807, 2.05) is 37.4 Å². The minimum absolute atomic E-state index is 0.0566. The molecule has 1 aromatic heterocycles. The number of nitrogens with zero attached hydrogens (tertiary/aromatic N) is 1. The maximum absolute atomic E-state index is 12.2. The predicted octanol–water partition coefficient (Wildman–Crippen LogP) is 2.27. The number of carbonyl (C=O) groups excluding carboxylic acids is 1. The van der Waals surface area contributed by atoms with Gasteiger partial charge >= 0.3 is 0 Å². The van der Waals surface area contributed by atoms with Crippen LogP contribution >= 0.6 is 0 Å². The number of hydrogen-bond donors (Lipinski definition) is 3. The minimum Gasteiger partial charge on any atom is -0.492 e. The fourth-order valence-corrected chi connectivity index (χ4v) is 3.27. The molecule has 3 N–H and O–H groups in total. The van der Waals surface area contributed by atoms with Crippen molar-refractivity contribution in [2.75, 3.05) is 19.7 Å². The molecule has 1 saturated heterocycles. The molecule has 2 heterocycles. The van der Waals surface area contributed by atoms with E-state index in [9.17, 15) is 4.79 Å². The van der Waals surface area contributed by atoms with Gasteiger partial charge in [-0.2, -0.15) is 5.10 Å². The first-order valence-electron chi connectivity index (χ1n) is 8.89. The van der Waals surface area contributed by atoms with Crippen LogP contribution in [-0.4, -0.2) is 41.8 Å². The van der Waals surface area contributed by atoms with Gasteiger partial charge in [0.1, 0.15) is 12.4 Å². The molecule has 2 atom stereocenters. The minimum atomic E-state index is 0.0566. The van der Waals surface area contributed by atoms with E-state index in [1.165, 1.54) is 0 Å². The van der Waals surface area contributed by atoms with Gasteiger partial charge in [-0.05, 0) is 50.9 Å². The highest BCUT2D eigenvalue weighted by atomic mass is 16.5. The van der Waals surface area contributed by atoms with Crippen LogP contribution in [0.2, 0.25) is 0 Å². The number of piperidine rings is 1. The largest absolute Gasteiger partial charge is 0.492 e. The summed E-state index contributed by atoms with van der Waals surface area (Å²) in [6.45, 7) is 6.03. The summed E-state index contributed by atoms with van der Waals surface area (Å²) in [5.41, 5.74) is 3.16. The van der Waals surface area contributed by atoms with Crippen LogP contribution in [0.3, 0.4) is 0 Å². The smallest absolute Gasteiger partial charge is 0.224 e. The van der Waals surface area contributed by atoms with Crippen LogP contribution in [0, 0.1) is 12.8 Å². The second-order valence-corrected chi connectivity index (χ2v) is 6.57. The summed E-state index contributed by atoms with van der Waals surface area (Å²) in [5.74, 6) is 0.965. The SMILES string of the molecule is Cc1[nH]ncc1-c1cccc(OCCNC(=O)[C@@H]2CCCN[C@H]2C)c1. The average molecular weight is 342 g/mol. The third kappa shape index (κ3) is 4.39. The Bertz CT molecular complexity index is 713. The molecule has 134 valence electrons. The van der Waals surface area contributed by atoms with E-state index in [2.05, 4.69) is 27.8 Å². The molecule has 0 aliphatic carbocycles. The third-order valence-corrected chi connectivity index (χ3v) is 4.74. The van der Waals surface area contributed by atoms with Crippen molar-refractivity contribution in [2.24, 2.45) is 5.92 Å². The van der Waals surface area contributed by atoms with Gasteiger partial charge in [-0.3, -0.25) is 9.89 Å². The van der Waals surface area contributed by atoms with Gasteiger partial charge in [-0.1, -0.05) is 12.1 Å². The van der Waals surface area contributed by atoms with Crippen molar-refractivity contribution < 1.29 is 9.53 Å². The normalized spacial score (nSPS) is 20.2. The van der Waals surface area contributed by atoms with Crippen LogP contribution in [0.25, 0.3) is 11.1 Å². The first kappa shape index (κ1) is 17.5. The number of H-pyrrole nitrogens is 1. The molecular weight excluding hydrogens is 316 g/mol. The lowest BCUT2D eigenvalue weighted by Gasteiger charge is -2.28. The zero-order valence-electron chi connectivity index (χ0n) is 14.8. The number of hydrogen-bond acceptors (Lipinski definition) is 4. The van der Waals surface area contributed by atoms with Crippen molar-refractivity contribution >= 4 is 5.91 Å². The topological polar surface area (TPSA) is 79.0 Å². The maximum Gasteiger partial charge on any atom is 0.224 e. The molecule has 2 aromatic rings. The summed E-state index contributed by atoms with van der Waals surface area (Å²) in [6.07, 6.45) is 3.82. The van der Waals surface area contributed by atoms with Crippen molar-refractivity contribution in [2.45, 2.75) is 32.7 Å². The standard InChI is InChI=1S/C19H26N4O2/c1-13-17(7-4-8-20-13)19(24)21-9-10-25-16-6-3-5-15(11-16)18-12-22-23-14(18)2/h3,5-6,11-13,17,20H,4,7-10H2,1-2H3,(H,21,24)(H,22,23)/t13-,17+/m0/s1. The first-order chi connectivity index (χ1) is 12.1. The number of carbonyl (C=O) groups is 1. The van der Waals surface area contributed by atoms with Crippen LogP contribution in [0.1, 0.15) is 25.5 Å². The Morgan fingerprint density at radius 2 is 2.32 bits per heavy atom. The monoisotopic (exact) mass is 342 g/mol. The molecule has 1 fully saturated rings. The number of aromatic amines is 1. The number of nitrogens with one attached hydrogen (secondary N) is 3. The Labute approximate surface area is 148 Å². The fraction of sp³-hybridized carbons (Fsp3) is 0.474. The Morgan fingerprint density at radius 1 is 1.44 bits per heavy atom. The van der Waals surface area contributed by atoms with Crippen molar-refractivity contribution in [3.05, 3.63) is 36.2 Å². The molecule has 1 aliphatic heterocycles. The van der Waals surface area contributed by atoms with Gasteiger partial charge in [-0.15, -0.1) is 0 Å². The molecule has 6 heteroatoms. The summed E-state index contributed by atoms with van der Waals surface area (Å²) in [6, 6.07) is 8.15. The number of rotatable bonds is 6. The van der Waals surface area contributed by atoms with E-state index >= 15 is 0 Å². The average Bonchev–Trinajstić information content (AvgIpc) is 3.05. The lowest BCUT2D eigenvalue weighted by Crippen LogP contribution is -2.47. The lowest BCUT2D eigenvalue weighted by molar-refractivity contribution is -0.126. The summed E-state index contributed by atoms with van der Waals surface area (Å²) >= 11 is 0. The van der Waals surface area contributed by atoms with E-state index in [4.69, 9.17) is 4.74 Å². The molecule has 25 heavy (non-hydrogen) atoms. The van der Waals surface area contributed by atoms with Gasteiger partial charge in [0, 0.05) is 17.3 Å². The van der Waals surface area contributed by atoms with Gasteiger partial charge in [-0.25, -0.2) is 0 Å². The van der Waals surface area contributed by atoms with Crippen LogP contribution in [-0.2, 0) is 4.79 Å². The van der Waals surface area contributed by atoms with Gasteiger partial charge < -0.3 is 15.4 Å². The maximum atomic E-state index is 12.2. The molecular formula is C19H26N4O2. The molecule has 0 spiro atoms. The summed E-state index contributed by atoms with van der Waals surface area (Å²) < 4.78 is 5.79. The van der Waals surface area contributed by atoms with Crippen LogP contribution in [0.15, 0.2) is 30.5 Å². The number of amides is 1. The highest BCUT2D eigenvalue weighted by Crippen LogP contribution is 2.25. The number of aryl methyl sites for hydroxylation is 1. The van der Waals surface area contributed by atoms with E-state index in [0.717, 1.165) is 42.0 Å². The zero-order chi connectivity index (χ0) is 17.6. The third-order valence-electron chi connectivity index (χ3n) is 4.74. The molecule has 1 aromatic carbocycles. The molecule has 0 unspecified atom stereocenters. The lowest BCUT2D eigenvalue weighted by atomic mass is 9.91. The Hall–Kier alpha value is -2.34. The number of benzene rings is 1. The highest BCUT2D eigenvalue weighted by molar-refractivity contribution is 5.79. The summed E-state index contributed by atoms with van der Waals surface area (Å²) in [7, 11) is 0. The molecule has 0 saturated carbocycles. The van der Waals surface area contributed by atoms with Crippen molar-refractivity contribution in [3.8, 4) is 16.9 Å². The van der Waals surface area contributed by atoms with E-state index in [0.29, 0.717) is 13.2 Å². The van der Waals surface area contributed by atoms with Crippen LogP contribution in [0.5, 0.6) is 5.75 Å². The van der Waals surface area contributed by atoms with E-state index in [-0.39, 0.29) is 17.9 Å². The molecule has 1 amide bonds. The quantitative estimate of drug-likeness (QED) is 0.704. The second kappa shape index (κ2) is 8.16. The zero-order valence-corrected chi connectivity index (χ0v) is 14.8. The van der Waals surface area contributed by atoms with Gasteiger partial charge in [0.2, 0.25) is 5.91 Å². The highest BCUT2D eigenvalue weighted by Gasteiger charge is 2.26. The van der Waals surface area contributed by atoms with Crippen LogP contribution < -0.4 is 15.4 Å². The van der Waals surface area contributed by atoms with Crippen LogP contribution in [0.4, 0.5) is 0 Å². The molecule has 0 radical (unpaired) electrons. The van der Waals surface area contributed by atoms with Gasteiger partial charge in [0.15, 0.2) is 0 Å². The Kier molecular flexibility index (Phi) is 5.71. The first-order valence-corrected chi connectivity index (χ1v) is 8.89. The number of aromatic nitrogens is 2. The predicted molar refractivity (Wildman–Crippen MR) is 97.5 cm³/mol. The van der Waals surface area contributed by atoms with Gasteiger partial charge in [0.05, 0.1) is 18.7 Å². The summed E-state index contributed by atoms with van der Waals surface area (Å²) in [4.78, 5) is 12.2. The molecule has 6 nitrogen and oxygen atoms in total. The molecule has 3 rings (SSSR count). The van der Waals surface area contributed by atoms with Crippen molar-refractivity contribution in [3.63, 3.8) is 0 Å². The second-order valence-electron chi connectivity index (χ2n) is 6.57.